The molecular formula is C28H26N4O2S4. The molecule has 4 aromatic carbocycles. The molecule has 194 valence electrons. The van der Waals surface area contributed by atoms with Gasteiger partial charge in [-0.15, -0.1) is 0 Å². The lowest BCUT2D eigenvalue weighted by molar-refractivity contribution is 0.417. The van der Waals surface area contributed by atoms with Gasteiger partial charge in [0.1, 0.15) is 11.5 Å². The van der Waals surface area contributed by atoms with Crippen molar-refractivity contribution in [3.05, 3.63) is 97.1 Å². The summed E-state index contributed by atoms with van der Waals surface area (Å²) in [5, 5.41) is 14.0. The Morgan fingerprint density at radius 1 is 0.500 bits per heavy atom. The molecule has 0 saturated carbocycles. The lowest BCUT2D eigenvalue weighted by Gasteiger charge is -2.16. The topological polar surface area (TPSA) is 66.6 Å². The van der Waals surface area contributed by atoms with Crippen molar-refractivity contribution < 1.29 is 9.47 Å². The highest BCUT2D eigenvalue weighted by Crippen LogP contribution is 2.43. The minimum Gasteiger partial charge on any atom is -0.495 e. The third-order valence-electron chi connectivity index (χ3n) is 5.20. The van der Waals surface area contributed by atoms with Crippen LogP contribution in [0.3, 0.4) is 0 Å². The zero-order valence-electron chi connectivity index (χ0n) is 20.7. The molecule has 0 aliphatic carbocycles. The number of methoxy groups -OCH3 is 2. The van der Waals surface area contributed by atoms with Gasteiger partial charge in [0, 0.05) is 9.79 Å². The Bertz CT molecular complexity index is 1310. The summed E-state index contributed by atoms with van der Waals surface area (Å²) in [7, 11) is 6.52. The summed E-state index contributed by atoms with van der Waals surface area (Å²) in [6.07, 6.45) is 0. The maximum atomic E-state index is 5.57. The van der Waals surface area contributed by atoms with Crippen LogP contribution in [0.1, 0.15) is 0 Å². The molecule has 0 fully saturated rings. The van der Waals surface area contributed by atoms with Crippen molar-refractivity contribution in [2.24, 2.45) is 0 Å². The van der Waals surface area contributed by atoms with Gasteiger partial charge in [0.15, 0.2) is 10.2 Å². The average molecular weight is 579 g/mol. The fourth-order valence-corrected chi connectivity index (χ4v) is 6.14. The summed E-state index contributed by atoms with van der Waals surface area (Å²) in [5.41, 5.74) is 3.39. The van der Waals surface area contributed by atoms with Crippen LogP contribution in [0.25, 0.3) is 0 Å². The Labute approximate surface area is 241 Å². The third kappa shape index (κ3) is 7.55. The van der Waals surface area contributed by atoms with Crippen LogP contribution in [0.15, 0.2) is 107 Å². The Morgan fingerprint density at radius 2 is 0.816 bits per heavy atom. The van der Waals surface area contributed by atoms with E-state index in [4.69, 9.17) is 33.9 Å². The summed E-state index contributed by atoms with van der Waals surface area (Å²) in [6.45, 7) is 0. The summed E-state index contributed by atoms with van der Waals surface area (Å²) < 4.78 is 10.8. The fourth-order valence-electron chi connectivity index (χ4n) is 3.42. The second kappa shape index (κ2) is 13.9. The molecule has 6 nitrogen and oxygen atoms in total. The lowest BCUT2D eigenvalue weighted by Crippen LogP contribution is -2.20. The molecule has 0 atom stereocenters. The van der Waals surface area contributed by atoms with Crippen molar-refractivity contribution in [2.45, 2.75) is 9.79 Å². The highest BCUT2D eigenvalue weighted by atomic mass is 33.1. The quantitative estimate of drug-likeness (QED) is 0.116. The van der Waals surface area contributed by atoms with E-state index >= 15 is 0 Å². The predicted octanol–water partition coefficient (Wildman–Crippen LogP) is 8.12. The number of para-hydroxylation sites is 6. The van der Waals surface area contributed by atoms with Crippen molar-refractivity contribution in [2.75, 3.05) is 35.5 Å². The minimum absolute atomic E-state index is 0.474. The van der Waals surface area contributed by atoms with Crippen LogP contribution in [-0.2, 0) is 0 Å². The van der Waals surface area contributed by atoms with E-state index in [1.807, 2.05) is 84.9 Å². The normalized spacial score (nSPS) is 10.3. The number of ether oxygens (including phenoxy) is 2. The second-order valence-corrected chi connectivity index (χ2v) is 10.7. The Balaban J connectivity index is 1.41. The van der Waals surface area contributed by atoms with Crippen LogP contribution in [0.5, 0.6) is 11.5 Å². The first-order chi connectivity index (χ1) is 18.6. The van der Waals surface area contributed by atoms with Gasteiger partial charge in [-0.3, -0.25) is 0 Å². The molecule has 0 aliphatic rings. The SMILES string of the molecule is COc1ccccc1NC(=S)Nc1ccccc1SSc1ccccc1NC(=S)Nc1ccccc1OC. The molecule has 0 saturated heterocycles. The van der Waals surface area contributed by atoms with E-state index in [-0.39, 0.29) is 0 Å². The fraction of sp³-hybridized carbons (Fsp3) is 0.0714. The van der Waals surface area contributed by atoms with Crippen molar-refractivity contribution in [1.82, 2.24) is 0 Å². The van der Waals surface area contributed by atoms with Crippen LogP contribution in [0.4, 0.5) is 22.7 Å². The van der Waals surface area contributed by atoms with E-state index in [1.165, 1.54) is 0 Å². The Morgan fingerprint density at radius 3 is 1.21 bits per heavy atom. The number of nitrogens with one attached hydrogen (secondary N) is 4. The van der Waals surface area contributed by atoms with E-state index in [9.17, 15) is 0 Å². The molecule has 0 spiro atoms. The zero-order valence-corrected chi connectivity index (χ0v) is 24.0. The molecule has 0 aliphatic heterocycles. The Kier molecular flexibility index (Phi) is 10.1. The first-order valence-electron chi connectivity index (χ1n) is 11.5. The van der Waals surface area contributed by atoms with E-state index in [2.05, 4.69) is 33.4 Å². The average Bonchev–Trinajstić information content (AvgIpc) is 2.94. The molecule has 0 aromatic heterocycles. The standard InChI is InChI=1S/C28H26N4O2S4/c1-33-23-15-7-3-11-19(23)29-27(35)31-21-13-5-9-17-25(21)37-38-26-18-10-6-14-22(26)32-28(36)30-20-12-4-8-16-24(20)34-2/h3-18H,1-2H3,(H2,29,31,35)(H2,30,32,36). The maximum Gasteiger partial charge on any atom is 0.175 e. The van der Waals surface area contributed by atoms with Gasteiger partial charge in [-0.1, -0.05) is 70.1 Å². The molecular weight excluding hydrogens is 553 g/mol. The van der Waals surface area contributed by atoms with Gasteiger partial charge in [0.05, 0.1) is 37.0 Å². The summed E-state index contributed by atoms with van der Waals surface area (Å²) in [5.74, 6) is 1.44. The van der Waals surface area contributed by atoms with Crippen molar-refractivity contribution in [3.63, 3.8) is 0 Å². The first-order valence-corrected chi connectivity index (χ1v) is 14.5. The second-order valence-electron chi connectivity index (χ2n) is 7.72. The molecule has 0 heterocycles. The van der Waals surface area contributed by atoms with Gasteiger partial charge in [-0.25, -0.2) is 0 Å². The largest absolute Gasteiger partial charge is 0.495 e. The van der Waals surface area contributed by atoms with Gasteiger partial charge in [-0.2, -0.15) is 0 Å². The molecule has 4 aromatic rings. The van der Waals surface area contributed by atoms with Crippen molar-refractivity contribution >= 4 is 79.0 Å². The number of hydrogen-bond acceptors (Lipinski definition) is 6. The van der Waals surface area contributed by atoms with Crippen LogP contribution >= 0.6 is 46.0 Å². The Hall–Kier alpha value is -3.44. The van der Waals surface area contributed by atoms with Crippen LogP contribution in [0, 0.1) is 0 Å². The number of hydrogen-bond donors (Lipinski definition) is 4. The molecule has 0 unspecified atom stereocenters. The van der Waals surface area contributed by atoms with Crippen LogP contribution < -0.4 is 30.7 Å². The zero-order chi connectivity index (χ0) is 26.7. The summed E-state index contributed by atoms with van der Waals surface area (Å²) in [4.78, 5) is 2.07. The molecule has 4 rings (SSSR count). The molecule has 0 amide bonds. The van der Waals surface area contributed by atoms with E-state index < -0.39 is 0 Å². The van der Waals surface area contributed by atoms with Crippen molar-refractivity contribution in [3.8, 4) is 11.5 Å². The lowest BCUT2D eigenvalue weighted by atomic mass is 10.3. The molecule has 10 heteroatoms. The molecule has 38 heavy (non-hydrogen) atoms. The highest BCUT2D eigenvalue weighted by Gasteiger charge is 2.11. The van der Waals surface area contributed by atoms with Crippen LogP contribution in [0.2, 0.25) is 0 Å². The molecule has 4 N–H and O–H groups in total. The van der Waals surface area contributed by atoms with Gasteiger partial charge in [0.2, 0.25) is 0 Å². The van der Waals surface area contributed by atoms with Crippen LogP contribution in [-0.4, -0.2) is 24.4 Å². The maximum absolute atomic E-state index is 5.57. The third-order valence-corrected chi connectivity index (χ3v) is 8.09. The van der Waals surface area contributed by atoms with Gasteiger partial charge in [0.25, 0.3) is 0 Å². The number of benzene rings is 4. The smallest absolute Gasteiger partial charge is 0.175 e. The van der Waals surface area contributed by atoms with E-state index in [0.717, 1.165) is 44.0 Å². The number of rotatable bonds is 9. The summed E-state index contributed by atoms with van der Waals surface area (Å²) in [6, 6.07) is 31.3. The first kappa shape index (κ1) is 27.6. The predicted molar refractivity (Wildman–Crippen MR) is 170 cm³/mol. The van der Waals surface area contributed by atoms with Gasteiger partial charge < -0.3 is 30.7 Å². The molecule has 0 radical (unpaired) electrons. The van der Waals surface area contributed by atoms with Gasteiger partial charge in [-0.05, 0) is 73.0 Å². The van der Waals surface area contributed by atoms with Crippen molar-refractivity contribution in [1.29, 1.82) is 0 Å². The molecule has 0 bridgehead atoms. The highest BCUT2D eigenvalue weighted by molar-refractivity contribution is 8.76. The minimum atomic E-state index is 0.474. The van der Waals surface area contributed by atoms with E-state index in [0.29, 0.717) is 10.2 Å². The number of anilines is 4. The number of thiocarbonyl (C=S) groups is 2. The summed E-state index contributed by atoms with van der Waals surface area (Å²) >= 11 is 11.1. The van der Waals surface area contributed by atoms with Gasteiger partial charge >= 0.3 is 0 Å². The van der Waals surface area contributed by atoms with E-state index in [1.54, 1.807) is 35.8 Å². The monoisotopic (exact) mass is 578 g/mol.